The highest BCUT2D eigenvalue weighted by molar-refractivity contribution is 5.92. The van der Waals surface area contributed by atoms with Gasteiger partial charge < -0.3 is 0 Å². The van der Waals surface area contributed by atoms with E-state index in [9.17, 15) is 9.59 Å². The largest absolute Gasteiger partial charge is 0.373 e. The van der Waals surface area contributed by atoms with Crippen molar-refractivity contribution in [3.8, 4) is 0 Å². The summed E-state index contributed by atoms with van der Waals surface area (Å²) in [6.45, 7) is 9.16. The van der Waals surface area contributed by atoms with E-state index in [1.807, 2.05) is 71.0 Å². The van der Waals surface area contributed by atoms with Crippen LogP contribution in [0.15, 0.2) is 36.4 Å². The van der Waals surface area contributed by atoms with Gasteiger partial charge in [-0.1, -0.05) is 49.7 Å². The van der Waals surface area contributed by atoms with Crippen LogP contribution in [-0.2, 0) is 19.6 Å². The van der Waals surface area contributed by atoms with Gasteiger partial charge in [-0.25, -0.2) is 9.59 Å². The van der Waals surface area contributed by atoms with Gasteiger partial charge in [0.25, 0.3) is 0 Å². The van der Waals surface area contributed by atoms with E-state index in [1.54, 1.807) is 0 Å². The first kappa shape index (κ1) is 21.6. The molecule has 0 spiro atoms. The number of carbonyl (C=O) groups excluding carboxylic acids is 2. The van der Waals surface area contributed by atoms with Crippen LogP contribution in [0.1, 0.15) is 62.7 Å². The Morgan fingerprint density at radius 3 is 1.43 bits per heavy atom. The fourth-order valence-corrected chi connectivity index (χ4v) is 2.90. The first-order valence-electron chi connectivity index (χ1n) is 9.22. The zero-order chi connectivity index (χ0) is 20.7. The second-order valence-corrected chi connectivity index (χ2v) is 6.69. The Hall–Kier alpha value is -2.70. The van der Waals surface area contributed by atoms with E-state index in [0.717, 1.165) is 22.3 Å². The van der Waals surface area contributed by atoms with Crippen molar-refractivity contribution in [2.45, 2.75) is 53.8 Å². The molecule has 28 heavy (non-hydrogen) atoms. The molecule has 6 heteroatoms. The number of aryl methyl sites for hydroxylation is 4. The average molecular weight is 386 g/mol. The zero-order valence-electron chi connectivity index (χ0n) is 16.9. The van der Waals surface area contributed by atoms with Gasteiger partial charge in [0.15, 0.2) is 0 Å². The van der Waals surface area contributed by atoms with Crippen LogP contribution in [0.4, 0.5) is 0 Å². The van der Waals surface area contributed by atoms with Crippen molar-refractivity contribution >= 4 is 11.9 Å². The lowest BCUT2D eigenvalue weighted by Crippen LogP contribution is -2.23. The van der Waals surface area contributed by atoms with Crippen LogP contribution >= 0.6 is 0 Å². The van der Waals surface area contributed by atoms with Gasteiger partial charge in [-0.15, -0.1) is 9.78 Å². The highest BCUT2D eigenvalue weighted by Crippen LogP contribution is 2.18. The molecule has 0 atom stereocenters. The normalized spacial score (nSPS) is 10.8. The molecule has 0 fully saturated rings. The Bertz CT molecular complexity index is 735. The molecule has 0 amide bonds. The predicted molar refractivity (Wildman–Crippen MR) is 104 cm³/mol. The van der Waals surface area contributed by atoms with Gasteiger partial charge in [0, 0.05) is 6.42 Å². The molecule has 150 valence electrons. The van der Waals surface area contributed by atoms with Crippen LogP contribution in [0.5, 0.6) is 0 Å². The summed E-state index contributed by atoms with van der Waals surface area (Å²) >= 11 is 0. The minimum Gasteiger partial charge on any atom is -0.290 e. The number of benzene rings is 2. The van der Waals surface area contributed by atoms with Crippen LogP contribution in [0, 0.1) is 27.7 Å². The molecular weight excluding hydrogens is 360 g/mol. The second kappa shape index (κ2) is 10.0. The topological polar surface area (TPSA) is 71.1 Å². The van der Waals surface area contributed by atoms with Gasteiger partial charge in [-0.3, -0.25) is 9.78 Å². The van der Waals surface area contributed by atoms with Crippen LogP contribution in [-0.4, -0.2) is 18.2 Å². The third-order valence-corrected chi connectivity index (χ3v) is 4.36. The first-order chi connectivity index (χ1) is 13.3. The number of rotatable bonds is 8. The minimum absolute atomic E-state index is 0.375. The van der Waals surface area contributed by atoms with E-state index >= 15 is 0 Å². The summed E-state index contributed by atoms with van der Waals surface area (Å²) in [5.74, 6) is -1.25. The fourth-order valence-electron chi connectivity index (χ4n) is 2.90. The molecule has 0 aliphatic rings. The molecule has 0 N–H and O–H groups in total. The summed E-state index contributed by atoms with van der Waals surface area (Å²) in [6.07, 6.45) is 0.0265. The summed E-state index contributed by atoms with van der Waals surface area (Å²) in [6, 6.07) is 11.0. The summed E-state index contributed by atoms with van der Waals surface area (Å²) in [4.78, 5) is 44.7. The van der Waals surface area contributed by atoms with Crippen molar-refractivity contribution in [1.82, 2.24) is 0 Å². The zero-order valence-corrected chi connectivity index (χ0v) is 16.9. The molecule has 2 rings (SSSR count). The Morgan fingerprint density at radius 1 is 0.750 bits per heavy atom. The van der Waals surface area contributed by atoms with Crippen molar-refractivity contribution in [3.63, 3.8) is 0 Å². The fraction of sp³-hybridized carbons (Fsp3) is 0.364. The monoisotopic (exact) mass is 386 g/mol. The molecule has 0 saturated carbocycles. The summed E-state index contributed by atoms with van der Waals surface area (Å²) < 4.78 is 0. The lowest BCUT2D eigenvalue weighted by atomic mass is 10.0. The van der Waals surface area contributed by atoms with Gasteiger partial charge in [-0.2, -0.15) is 0 Å². The van der Waals surface area contributed by atoms with E-state index in [2.05, 4.69) is 0 Å². The lowest BCUT2D eigenvalue weighted by molar-refractivity contribution is -0.421. The maximum Gasteiger partial charge on any atom is 0.373 e. The smallest absolute Gasteiger partial charge is 0.290 e. The number of hydrogen-bond acceptors (Lipinski definition) is 6. The molecule has 0 heterocycles. The molecule has 6 nitrogen and oxygen atoms in total. The van der Waals surface area contributed by atoms with Gasteiger partial charge in [0.05, 0.1) is 11.1 Å². The predicted octanol–water partition coefficient (Wildman–Crippen LogP) is 4.92. The Labute approximate surface area is 165 Å². The summed E-state index contributed by atoms with van der Waals surface area (Å²) in [5.41, 5.74) is 3.99. The minimum atomic E-state index is -1.02. The van der Waals surface area contributed by atoms with E-state index in [4.69, 9.17) is 19.6 Å². The molecule has 0 aliphatic heterocycles. The quantitative estimate of drug-likeness (QED) is 0.364. The summed E-state index contributed by atoms with van der Waals surface area (Å²) in [7, 11) is 0. The van der Waals surface area contributed by atoms with Crippen LogP contribution in [0.3, 0.4) is 0 Å². The van der Waals surface area contributed by atoms with Crippen molar-refractivity contribution in [2.24, 2.45) is 0 Å². The maximum atomic E-state index is 12.3. The Kier molecular flexibility index (Phi) is 7.72. The van der Waals surface area contributed by atoms with Crippen LogP contribution < -0.4 is 0 Å². The molecule has 0 bridgehead atoms. The maximum absolute atomic E-state index is 12.3. The van der Waals surface area contributed by atoms with E-state index < -0.39 is 18.2 Å². The van der Waals surface area contributed by atoms with Crippen molar-refractivity contribution in [2.75, 3.05) is 0 Å². The third kappa shape index (κ3) is 5.41. The lowest BCUT2D eigenvalue weighted by Gasteiger charge is -2.16. The number of hydrogen-bond donors (Lipinski definition) is 0. The Balaban J connectivity index is 1.98. The molecule has 0 aromatic heterocycles. The SMILES string of the molecule is CCCC(OOC(=O)c1c(C)cccc1C)OOC(=O)c1c(C)cccc1C. The van der Waals surface area contributed by atoms with Gasteiger partial charge in [0.1, 0.15) is 0 Å². The van der Waals surface area contributed by atoms with Crippen molar-refractivity contribution in [3.05, 3.63) is 69.8 Å². The second-order valence-electron chi connectivity index (χ2n) is 6.69. The number of carbonyl (C=O) groups is 2. The highest BCUT2D eigenvalue weighted by Gasteiger charge is 2.21. The molecule has 0 aliphatic carbocycles. The van der Waals surface area contributed by atoms with E-state index in [-0.39, 0.29) is 0 Å². The standard InChI is InChI=1S/C22H26O6/c1-6-9-18(25-27-21(23)19-14(2)10-7-11-15(19)3)26-28-22(24)20-16(4)12-8-13-17(20)5/h7-8,10-13,18H,6,9H2,1-5H3. The molecule has 0 unspecified atom stereocenters. The van der Waals surface area contributed by atoms with E-state index in [1.165, 1.54) is 0 Å². The Morgan fingerprint density at radius 2 is 1.11 bits per heavy atom. The molecule has 0 radical (unpaired) electrons. The summed E-state index contributed by atoms with van der Waals surface area (Å²) in [5, 5.41) is 0. The molecule has 2 aromatic rings. The molecule has 2 aromatic carbocycles. The van der Waals surface area contributed by atoms with Crippen molar-refractivity contribution < 1.29 is 29.1 Å². The van der Waals surface area contributed by atoms with E-state index in [0.29, 0.717) is 24.0 Å². The van der Waals surface area contributed by atoms with Gasteiger partial charge in [0.2, 0.25) is 6.29 Å². The molecular formula is C22H26O6. The van der Waals surface area contributed by atoms with Crippen LogP contribution in [0.2, 0.25) is 0 Å². The van der Waals surface area contributed by atoms with Gasteiger partial charge in [-0.05, 0) is 49.9 Å². The average Bonchev–Trinajstić information content (AvgIpc) is 2.63. The van der Waals surface area contributed by atoms with Crippen LogP contribution in [0.25, 0.3) is 0 Å². The molecule has 0 saturated heterocycles. The third-order valence-electron chi connectivity index (χ3n) is 4.36. The van der Waals surface area contributed by atoms with Crippen molar-refractivity contribution in [1.29, 1.82) is 0 Å². The van der Waals surface area contributed by atoms with Gasteiger partial charge >= 0.3 is 11.9 Å². The first-order valence-corrected chi connectivity index (χ1v) is 9.22. The highest BCUT2D eigenvalue weighted by atomic mass is 17.3.